The normalized spacial score (nSPS) is 19.1. The first kappa shape index (κ1) is 18.5. The average Bonchev–Trinajstić information content (AvgIpc) is 3.40. The third-order valence-electron chi connectivity index (χ3n) is 4.40. The number of likely N-dealkylation sites (N-methyl/N-ethyl adjacent to an activating group) is 1. The number of nitrogens with one attached hydrogen (secondary N) is 3. The zero-order chi connectivity index (χ0) is 19.2. The van der Waals surface area contributed by atoms with E-state index >= 15 is 0 Å². The van der Waals surface area contributed by atoms with Crippen molar-refractivity contribution in [3.63, 3.8) is 0 Å². The van der Waals surface area contributed by atoms with Crippen molar-refractivity contribution >= 4 is 17.7 Å². The zero-order valence-electron chi connectivity index (χ0n) is 15.0. The second-order valence-corrected chi connectivity index (χ2v) is 6.27. The molecule has 1 saturated heterocycles. The molecule has 1 aliphatic rings. The van der Waals surface area contributed by atoms with Crippen LogP contribution in [-0.2, 0) is 16.1 Å². The first-order valence-corrected chi connectivity index (χ1v) is 8.80. The summed E-state index contributed by atoms with van der Waals surface area (Å²) in [5.41, 5.74) is 0.438. The molecule has 11 nitrogen and oxygen atoms in total. The van der Waals surface area contributed by atoms with Crippen LogP contribution in [0.15, 0.2) is 24.7 Å². The van der Waals surface area contributed by atoms with E-state index < -0.39 is 6.04 Å². The van der Waals surface area contributed by atoms with Crippen molar-refractivity contribution in [2.75, 3.05) is 13.1 Å². The van der Waals surface area contributed by atoms with Gasteiger partial charge in [0.15, 0.2) is 0 Å². The molecule has 3 rings (SSSR count). The molecule has 0 aromatic carbocycles. The van der Waals surface area contributed by atoms with E-state index in [1.54, 1.807) is 18.3 Å². The van der Waals surface area contributed by atoms with Gasteiger partial charge in [0.05, 0.1) is 6.54 Å². The van der Waals surface area contributed by atoms with Crippen molar-refractivity contribution in [1.29, 1.82) is 0 Å². The van der Waals surface area contributed by atoms with E-state index in [-0.39, 0.29) is 36.7 Å². The number of carbonyl (C=O) groups is 3. The topological polar surface area (TPSA) is 138 Å². The Bertz CT molecular complexity index is 774. The predicted molar refractivity (Wildman–Crippen MR) is 93.3 cm³/mol. The summed E-state index contributed by atoms with van der Waals surface area (Å²) in [5.74, 6) is -0.661. The number of hydrogen-bond donors (Lipinski definition) is 3. The third-order valence-corrected chi connectivity index (χ3v) is 4.40. The summed E-state index contributed by atoms with van der Waals surface area (Å²) in [6.07, 6.45) is 3.63. The van der Waals surface area contributed by atoms with Crippen LogP contribution in [0.25, 0.3) is 0 Å². The molecule has 2 atom stereocenters. The van der Waals surface area contributed by atoms with Crippen molar-refractivity contribution in [2.45, 2.75) is 38.4 Å². The van der Waals surface area contributed by atoms with Gasteiger partial charge in [0.2, 0.25) is 11.8 Å². The molecule has 0 saturated carbocycles. The van der Waals surface area contributed by atoms with E-state index in [0.717, 1.165) is 0 Å². The van der Waals surface area contributed by atoms with Gasteiger partial charge in [-0.25, -0.2) is 4.68 Å². The molecule has 0 spiro atoms. The van der Waals surface area contributed by atoms with Crippen molar-refractivity contribution in [3.05, 3.63) is 30.4 Å². The second kappa shape index (κ2) is 8.43. The highest BCUT2D eigenvalue weighted by Gasteiger charge is 2.39. The molecule has 3 heterocycles. The number of carbonyl (C=O) groups excluding carboxylic acids is 3. The molecule has 0 radical (unpaired) electrons. The number of nitrogens with zero attached hydrogens (tertiary/aromatic N) is 5. The van der Waals surface area contributed by atoms with Crippen LogP contribution in [0.5, 0.6) is 0 Å². The Morgan fingerprint density at radius 3 is 2.89 bits per heavy atom. The lowest BCUT2D eigenvalue weighted by atomic mass is 10.1. The van der Waals surface area contributed by atoms with Crippen molar-refractivity contribution < 1.29 is 14.4 Å². The van der Waals surface area contributed by atoms with Crippen LogP contribution in [0.4, 0.5) is 0 Å². The van der Waals surface area contributed by atoms with Crippen LogP contribution in [0.1, 0.15) is 30.3 Å². The maximum absolute atomic E-state index is 12.7. The number of amides is 3. The fourth-order valence-electron chi connectivity index (χ4n) is 3.13. The number of H-pyrrole nitrogens is 1. The number of aromatic nitrogens is 5. The highest BCUT2D eigenvalue weighted by molar-refractivity contribution is 5.93. The van der Waals surface area contributed by atoms with Gasteiger partial charge >= 0.3 is 0 Å². The number of rotatable bonds is 7. The minimum Gasteiger partial charge on any atom is -0.357 e. The van der Waals surface area contributed by atoms with E-state index in [0.29, 0.717) is 25.2 Å². The quantitative estimate of drug-likeness (QED) is 0.564. The van der Waals surface area contributed by atoms with Crippen LogP contribution in [0.3, 0.4) is 0 Å². The molecule has 3 amide bonds. The molecule has 1 aliphatic heterocycles. The molecule has 27 heavy (non-hydrogen) atoms. The van der Waals surface area contributed by atoms with Crippen LogP contribution in [0, 0.1) is 0 Å². The highest BCUT2D eigenvalue weighted by Crippen LogP contribution is 2.20. The van der Waals surface area contributed by atoms with Gasteiger partial charge in [0.1, 0.15) is 18.1 Å². The minimum atomic E-state index is -0.611. The first-order valence-electron chi connectivity index (χ1n) is 8.80. The zero-order valence-corrected chi connectivity index (χ0v) is 15.0. The van der Waals surface area contributed by atoms with Crippen LogP contribution in [-0.4, -0.2) is 73.0 Å². The molecular formula is C16H22N8O3. The van der Waals surface area contributed by atoms with Gasteiger partial charge in [0, 0.05) is 31.7 Å². The van der Waals surface area contributed by atoms with E-state index in [9.17, 15) is 14.4 Å². The van der Waals surface area contributed by atoms with E-state index in [1.165, 1.54) is 15.9 Å². The Kier molecular flexibility index (Phi) is 5.79. The molecule has 11 heteroatoms. The van der Waals surface area contributed by atoms with Gasteiger partial charge in [-0.3, -0.25) is 14.4 Å². The van der Waals surface area contributed by atoms with Gasteiger partial charge in [-0.1, -0.05) is 0 Å². The number of tetrazole rings is 1. The summed E-state index contributed by atoms with van der Waals surface area (Å²) in [4.78, 5) is 41.7. The number of aryl methyl sites for hydroxylation is 1. The Morgan fingerprint density at radius 2 is 2.22 bits per heavy atom. The Hall–Kier alpha value is -3.24. The first-order chi connectivity index (χ1) is 13.1. The summed E-state index contributed by atoms with van der Waals surface area (Å²) < 4.78 is 1.46. The molecule has 3 N–H and O–H groups in total. The summed E-state index contributed by atoms with van der Waals surface area (Å²) in [5, 5.41) is 16.4. The number of hydrogen-bond acceptors (Lipinski definition) is 6. The Balaban J connectivity index is 1.64. The van der Waals surface area contributed by atoms with Gasteiger partial charge < -0.3 is 20.5 Å². The van der Waals surface area contributed by atoms with Gasteiger partial charge in [-0.15, -0.1) is 5.10 Å². The molecule has 144 valence electrons. The highest BCUT2D eigenvalue weighted by atomic mass is 16.2. The van der Waals surface area contributed by atoms with Crippen LogP contribution >= 0.6 is 0 Å². The van der Waals surface area contributed by atoms with Crippen molar-refractivity contribution in [2.24, 2.45) is 0 Å². The Morgan fingerprint density at radius 1 is 1.37 bits per heavy atom. The maximum atomic E-state index is 12.7. The molecule has 0 aliphatic carbocycles. The monoisotopic (exact) mass is 374 g/mol. The van der Waals surface area contributed by atoms with E-state index in [1.807, 2.05) is 6.92 Å². The lowest BCUT2D eigenvalue weighted by Crippen LogP contribution is -2.46. The SMILES string of the molecule is CCNC(=O)[C@@H]1C[C@H](NC(=O)c2ccc[nH]2)CN1C(=O)CCn1cnnn1. The van der Waals surface area contributed by atoms with E-state index in [2.05, 4.69) is 31.1 Å². The fraction of sp³-hybridized carbons (Fsp3) is 0.500. The van der Waals surface area contributed by atoms with Crippen LogP contribution in [0.2, 0.25) is 0 Å². The molecule has 0 bridgehead atoms. The fourth-order valence-corrected chi connectivity index (χ4v) is 3.13. The number of likely N-dealkylation sites (tertiary alicyclic amines) is 1. The van der Waals surface area contributed by atoms with Crippen molar-refractivity contribution in [3.8, 4) is 0 Å². The molecule has 1 fully saturated rings. The van der Waals surface area contributed by atoms with Crippen LogP contribution < -0.4 is 10.6 Å². The van der Waals surface area contributed by atoms with Gasteiger partial charge in [-0.05, 0) is 35.9 Å². The summed E-state index contributed by atoms with van der Waals surface area (Å²) in [7, 11) is 0. The molecule has 2 aromatic rings. The lowest BCUT2D eigenvalue weighted by Gasteiger charge is -2.23. The summed E-state index contributed by atoms with van der Waals surface area (Å²) >= 11 is 0. The Labute approximate surface area is 155 Å². The standard InChI is InChI=1S/C16H22N8O3/c1-2-17-16(27)13-8-11(20-15(26)12-4-3-6-18-12)9-24(13)14(25)5-7-23-10-19-21-22-23/h3-4,6,10-11,13,18H,2,5,7-9H2,1H3,(H,17,27)(H,20,26)/t11-,13-/m0/s1. The van der Waals surface area contributed by atoms with Gasteiger partial charge in [0.25, 0.3) is 5.91 Å². The molecule has 0 unspecified atom stereocenters. The smallest absolute Gasteiger partial charge is 0.267 e. The minimum absolute atomic E-state index is 0.165. The predicted octanol–water partition coefficient (Wildman–Crippen LogP) is -1.07. The maximum Gasteiger partial charge on any atom is 0.267 e. The lowest BCUT2D eigenvalue weighted by molar-refractivity contribution is -0.138. The summed E-state index contributed by atoms with van der Waals surface area (Å²) in [6.45, 7) is 2.90. The largest absolute Gasteiger partial charge is 0.357 e. The van der Waals surface area contributed by atoms with Gasteiger partial charge in [-0.2, -0.15) is 0 Å². The summed E-state index contributed by atoms with van der Waals surface area (Å²) in [6, 6.07) is 2.49. The molecule has 2 aromatic heterocycles. The average molecular weight is 374 g/mol. The molecular weight excluding hydrogens is 352 g/mol. The van der Waals surface area contributed by atoms with E-state index in [4.69, 9.17) is 0 Å². The van der Waals surface area contributed by atoms with Crippen molar-refractivity contribution in [1.82, 2.24) is 40.7 Å². The second-order valence-electron chi connectivity index (χ2n) is 6.27. The number of aromatic amines is 1. The third kappa shape index (κ3) is 4.49.